The maximum absolute atomic E-state index is 13.9. The number of hydrogen-bond donors (Lipinski definition) is 0. The number of nitrogens with zero attached hydrogens (tertiary/aromatic N) is 1. The minimum Gasteiger partial charge on any atom is -0.372 e. The van der Waals surface area contributed by atoms with E-state index in [0.29, 0.717) is 25.0 Å². The summed E-state index contributed by atoms with van der Waals surface area (Å²) in [6.45, 7) is 9.49. The van der Waals surface area contributed by atoms with E-state index in [2.05, 4.69) is 68.1 Å². The van der Waals surface area contributed by atoms with Crippen molar-refractivity contribution in [2.45, 2.75) is 46.3 Å². The first-order valence-corrected chi connectivity index (χ1v) is 11.4. The SMILES string of the molecule is CCN(Cc1ccccc1)CC(OCCCc1ccc(F)cc1F)c1c(C)cccc1C. The van der Waals surface area contributed by atoms with Gasteiger partial charge in [0.25, 0.3) is 0 Å². The Bertz CT molecular complexity index is 970. The highest BCUT2D eigenvalue weighted by Crippen LogP contribution is 2.27. The Morgan fingerprint density at radius 3 is 2.28 bits per heavy atom. The van der Waals surface area contributed by atoms with Crippen LogP contribution in [0.2, 0.25) is 0 Å². The number of hydrogen-bond acceptors (Lipinski definition) is 2. The van der Waals surface area contributed by atoms with Crippen molar-refractivity contribution < 1.29 is 13.5 Å². The summed E-state index contributed by atoms with van der Waals surface area (Å²) in [5.41, 5.74) is 5.47. The summed E-state index contributed by atoms with van der Waals surface area (Å²) in [6.07, 6.45) is 1.12. The molecule has 3 aromatic rings. The normalized spacial score (nSPS) is 12.3. The van der Waals surface area contributed by atoms with Crippen molar-refractivity contribution in [1.82, 2.24) is 4.90 Å². The number of benzene rings is 3. The standard InChI is InChI=1S/C28H33F2NO/c1-4-31(19-23-12-6-5-7-13-23)20-27(28-21(2)10-8-11-22(28)3)32-17-9-14-24-15-16-25(29)18-26(24)30/h5-8,10-13,15-16,18,27H,4,9,14,17,19-20H2,1-3H3. The molecule has 170 valence electrons. The topological polar surface area (TPSA) is 12.5 Å². The molecular weight excluding hydrogens is 404 g/mol. The first-order valence-electron chi connectivity index (χ1n) is 11.4. The fraction of sp³-hybridized carbons (Fsp3) is 0.357. The summed E-state index contributed by atoms with van der Waals surface area (Å²) < 4.78 is 33.5. The smallest absolute Gasteiger partial charge is 0.129 e. The van der Waals surface area contributed by atoms with Gasteiger partial charge >= 0.3 is 0 Å². The average molecular weight is 438 g/mol. The van der Waals surface area contributed by atoms with Crippen molar-refractivity contribution in [3.8, 4) is 0 Å². The van der Waals surface area contributed by atoms with E-state index in [9.17, 15) is 8.78 Å². The molecule has 32 heavy (non-hydrogen) atoms. The Hall–Kier alpha value is -2.56. The number of rotatable bonds is 11. The average Bonchev–Trinajstić information content (AvgIpc) is 2.77. The zero-order valence-electron chi connectivity index (χ0n) is 19.3. The van der Waals surface area contributed by atoms with Crippen LogP contribution in [0.1, 0.15) is 47.3 Å². The van der Waals surface area contributed by atoms with Gasteiger partial charge in [-0.3, -0.25) is 4.90 Å². The Morgan fingerprint density at radius 2 is 1.62 bits per heavy atom. The maximum Gasteiger partial charge on any atom is 0.129 e. The zero-order valence-corrected chi connectivity index (χ0v) is 19.3. The van der Waals surface area contributed by atoms with E-state index >= 15 is 0 Å². The number of aryl methyl sites for hydroxylation is 3. The molecule has 0 N–H and O–H groups in total. The molecule has 0 heterocycles. The Labute approximate surface area is 190 Å². The van der Waals surface area contributed by atoms with Crippen molar-refractivity contribution in [2.24, 2.45) is 0 Å². The molecule has 0 aliphatic carbocycles. The number of likely N-dealkylation sites (N-methyl/N-ethyl adjacent to an activating group) is 1. The van der Waals surface area contributed by atoms with Gasteiger partial charge in [-0.25, -0.2) is 8.78 Å². The molecule has 1 atom stereocenters. The van der Waals surface area contributed by atoms with Gasteiger partial charge in [0.1, 0.15) is 11.6 Å². The second-order valence-corrected chi connectivity index (χ2v) is 8.32. The molecule has 0 fully saturated rings. The summed E-state index contributed by atoms with van der Waals surface area (Å²) in [6, 6.07) is 20.6. The molecule has 1 unspecified atom stereocenters. The lowest BCUT2D eigenvalue weighted by molar-refractivity contribution is 0.0221. The monoisotopic (exact) mass is 437 g/mol. The predicted octanol–water partition coefficient (Wildman–Crippen LogP) is 6.79. The lowest BCUT2D eigenvalue weighted by Gasteiger charge is -2.29. The Kier molecular flexibility index (Phi) is 8.95. The van der Waals surface area contributed by atoms with E-state index in [4.69, 9.17) is 4.74 Å². The van der Waals surface area contributed by atoms with Gasteiger partial charge in [-0.2, -0.15) is 0 Å². The largest absolute Gasteiger partial charge is 0.372 e. The van der Waals surface area contributed by atoms with Crippen LogP contribution in [0.3, 0.4) is 0 Å². The molecule has 0 aliphatic rings. The van der Waals surface area contributed by atoms with Crippen LogP contribution in [0.4, 0.5) is 8.78 Å². The molecule has 0 aromatic heterocycles. The van der Waals surface area contributed by atoms with Crippen molar-refractivity contribution in [3.05, 3.63) is 106 Å². The van der Waals surface area contributed by atoms with Crippen molar-refractivity contribution in [2.75, 3.05) is 19.7 Å². The van der Waals surface area contributed by atoms with Crippen molar-refractivity contribution in [1.29, 1.82) is 0 Å². The van der Waals surface area contributed by atoms with Crippen LogP contribution in [0.25, 0.3) is 0 Å². The van der Waals surface area contributed by atoms with Gasteiger partial charge in [0.15, 0.2) is 0 Å². The maximum atomic E-state index is 13.9. The summed E-state index contributed by atoms with van der Waals surface area (Å²) in [5, 5.41) is 0. The molecule has 0 amide bonds. The third-order valence-corrected chi connectivity index (χ3v) is 5.91. The lowest BCUT2D eigenvalue weighted by Crippen LogP contribution is -2.30. The third-order valence-electron chi connectivity index (χ3n) is 5.91. The molecule has 0 saturated carbocycles. The molecule has 0 bridgehead atoms. The summed E-state index contributed by atoms with van der Waals surface area (Å²) in [4.78, 5) is 2.39. The van der Waals surface area contributed by atoms with Crippen LogP contribution in [0, 0.1) is 25.5 Å². The van der Waals surface area contributed by atoms with Gasteiger partial charge in [0.05, 0.1) is 6.10 Å². The van der Waals surface area contributed by atoms with Gasteiger partial charge in [-0.05, 0) is 67.1 Å². The quantitative estimate of drug-likeness (QED) is 0.306. The predicted molar refractivity (Wildman–Crippen MR) is 127 cm³/mol. The second-order valence-electron chi connectivity index (χ2n) is 8.32. The van der Waals surface area contributed by atoms with E-state index in [1.807, 2.05) is 6.07 Å². The van der Waals surface area contributed by atoms with Gasteiger partial charge in [-0.1, -0.05) is 61.5 Å². The highest BCUT2D eigenvalue weighted by Gasteiger charge is 2.20. The highest BCUT2D eigenvalue weighted by molar-refractivity contribution is 5.35. The minimum absolute atomic E-state index is 0.0714. The van der Waals surface area contributed by atoms with E-state index in [1.165, 1.54) is 34.4 Å². The lowest BCUT2D eigenvalue weighted by atomic mass is 9.97. The van der Waals surface area contributed by atoms with Crippen LogP contribution < -0.4 is 0 Å². The minimum atomic E-state index is -0.546. The molecule has 0 radical (unpaired) electrons. The van der Waals surface area contributed by atoms with Gasteiger partial charge in [-0.15, -0.1) is 0 Å². The molecular formula is C28H33F2NO. The van der Waals surface area contributed by atoms with Crippen LogP contribution in [0.5, 0.6) is 0 Å². The van der Waals surface area contributed by atoms with E-state index in [0.717, 1.165) is 25.7 Å². The fourth-order valence-electron chi connectivity index (χ4n) is 4.16. The van der Waals surface area contributed by atoms with Gasteiger partial charge < -0.3 is 4.74 Å². The summed E-state index contributed by atoms with van der Waals surface area (Å²) >= 11 is 0. The van der Waals surface area contributed by atoms with E-state index in [-0.39, 0.29) is 6.10 Å². The van der Waals surface area contributed by atoms with Gasteiger partial charge in [0, 0.05) is 25.8 Å². The molecule has 0 spiro atoms. The molecule has 3 aromatic carbocycles. The molecule has 4 heteroatoms. The third kappa shape index (κ3) is 6.72. The highest BCUT2D eigenvalue weighted by atomic mass is 19.1. The Morgan fingerprint density at radius 1 is 0.906 bits per heavy atom. The molecule has 2 nitrogen and oxygen atoms in total. The van der Waals surface area contributed by atoms with Crippen molar-refractivity contribution >= 4 is 0 Å². The number of halogens is 2. The fourth-order valence-corrected chi connectivity index (χ4v) is 4.16. The van der Waals surface area contributed by atoms with Crippen LogP contribution in [0.15, 0.2) is 66.7 Å². The van der Waals surface area contributed by atoms with Crippen LogP contribution >= 0.6 is 0 Å². The number of ether oxygens (including phenoxy) is 1. The van der Waals surface area contributed by atoms with E-state index in [1.54, 1.807) is 0 Å². The summed E-state index contributed by atoms with van der Waals surface area (Å²) in [5.74, 6) is -1.04. The molecule has 3 rings (SSSR count). The van der Waals surface area contributed by atoms with E-state index < -0.39 is 11.6 Å². The molecule has 0 aliphatic heterocycles. The van der Waals surface area contributed by atoms with Gasteiger partial charge in [0.2, 0.25) is 0 Å². The second kappa shape index (κ2) is 11.9. The van der Waals surface area contributed by atoms with Crippen molar-refractivity contribution in [3.63, 3.8) is 0 Å². The van der Waals surface area contributed by atoms with Crippen LogP contribution in [-0.2, 0) is 17.7 Å². The first-order chi connectivity index (χ1) is 15.5. The first kappa shape index (κ1) is 24.1. The Balaban J connectivity index is 1.69. The molecule has 0 saturated heterocycles. The zero-order chi connectivity index (χ0) is 22.9. The van der Waals surface area contributed by atoms with Crippen LogP contribution in [-0.4, -0.2) is 24.6 Å². The summed E-state index contributed by atoms with van der Waals surface area (Å²) in [7, 11) is 0.